The minimum absolute atomic E-state index is 0.0748. The number of sulfonamides is 1. The lowest BCUT2D eigenvalue weighted by Crippen LogP contribution is -2.37. The molecule has 2 atom stereocenters. The summed E-state index contributed by atoms with van der Waals surface area (Å²) < 4.78 is 27.5. The van der Waals surface area contributed by atoms with Gasteiger partial charge in [0.25, 0.3) is 15.9 Å². The van der Waals surface area contributed by atoms with Gasteiger partial charge < -0.3 is 10.3 Å². The molecule has 2 aromatic rings. The molecule has 0 radical (unpaired) electrons. The fourth-order valence-corrected chi connectivity index (χ4v) is 4.31. The Bertz CT molecular complexity index is 893. The number of rotatable bonds is 6. The summed E-state index contributed by atoms with van der Waals surface area (Å²) in [6.45, 7) is 3.73. The van der Waals surface area contributed by atoms with Crippen molar-refractivity contribution in [2.75, 3.05) is 0 Å². The maximum absolute atomic E-state index is 12.4. The van der Waals surface area contributed by atoms with Gasteiger partial charge in [0.05, 0.1) is 6.20 Å². The van der Waals surface area contributed by atoms with Gasteiger partial charge in [-0.1, -0.05) is 13.0 Å². The van der Waals surface area contributed by atoms with Crippen LogP contribution in [0.1, 0.15) is 48.2 Å². The Morgan fingerprint density at radius 3 is 2.77 bits per heavy atom. The first-order valence-electron chi connectivity index (χ1n) is 8.68. The summed E-state index contributed by atoms with van der Waals surface area (Å²) in [4.78, 5) is 23.3. The van der Waals surface area contributed by atoms with Crippen LogP contribution in [0.15, 0.2) is 29.4 Å². The maximum Gasteiger partial charge on any atom is 0.270 e. The van der Waals surface area contributed by atoms with Crippen molar-refractivity contribution in [3.05, 3.63) is 41.6 Å². The fourth-order valence-electron chi connectivity index (χ4n) is 3.09. The first-order valence-corrected chi connectivity index (χ1v) is 10.2. The molecule has 0 saturated heterocycles. The van der Waals surface area contributed by atoms with Crippen LogP contribution in [-0.4, -0.2) is 41.4 Å². The van der Waals surface area contributed by atoms with Crippen molar-refractivity contribution >= 4 is 15.9 Å². The largest absolute Gasteiger partial charge is 0.348 e. The van der Waals surface area contributed by atoms with Gasteiger partial charge in [0, 0.05) is 24.2 Å². The molecular formula is C17H23N5O3S. The number of pyridine rings is 1. The second-order valence-electron chi connectivity index (χ2n) is 6.51. The van der Waals surface area contributed by atoms with Crippen LogP contribution in [-0.2, 0) is 16.4 Å². The number of nitrogens with one attached hydrogen (secondary N) is 3. The van der Waals surface area contributed by atoms with Crippen molar-refractivity contribution in [2.45, 2.75) is 56.6 Å². The molecule has 0 spiro atoms. The Labute approximate surface area is 152 Å². The minimum Gasteiger partial charge on any atom is -0.348 e. The second-order valence-corrected chi connectivity index (χ2v) is 8.20. The highest BCUT2D eigenvalue weighted by atomic mass is 32.2. The summed E-state index contributed by atoms with van der Waals surface area (Å²) in [7, 11) is -3.64. The lowest BCUT2D eigenvalue weighted by atomic mass is 10.2. The predicted octanol–water partition coefficient (Wildman–Crippen LogP) is 1.30. The predicted molar refractivity (Wildman–Crippen MR) is 96.2 cm³/mol. The van der Waals surface area contributed by atoms with E-state index in [9.17, 15) is 13.2 Å². The number of imidazole rings is 1. The Morgan fingerprint density at radius 2 is 2.08 bits per heavy atom. The van der Waals surface area contributed by atoms with Crippen LogP contribution >= 0.6 is 0 Å². The van der Waals surface area contributed by atoms with Gasteiger partial charge in [-0.05, 0) is 38.3 Å². The topological polar surface area (TPSA) is 117 Å². The minimum atomic E-state index is -3.64. The molecule has 1 amide bonds. The number of H-pyrrole nitrogens is 1. The van der Waals surface area contributed by atoms with E-state index in [1.165, 1.54) is 6.20 Å². The molecule has 9 heteroatoms. The normalized spacial score (nSPS) is 20.2. The van der Waals surface area contributed by atoms with E-state index in [-0.39, 0.29) is 23.0 Å². The molecule has 1 saturated carbocycles. The third-order valence-corrected chi connectivity index (χ3v) is 5.87. The number of hydrogen-bond donors (Lipinski definition) is 3. The average Bonchev–Trinajstić information content (AvgIpc) is 3.24. The number of carbonyl (C=O) groups excluding carboxylic acids is 1. The molecule has 1 fully saturated rings. The first-order chi connectivity index (χ1) is 12.4. The van der Waals surface area contributed by atoms with E-state index >= 15 is 0 Å². The van der Waals surface area contributed by atoms with E-state index in [4.69, 9.17) is 0 Å². The van der Waals surface area contributed by atoms with Crippen molar-refractivity contribution < 1.29 is 13.2 Å². The van der Waals surface area contributed by atoms with Gasteiger partial charge in [0.1, 0.15) is 11.5 Å². The van der Waals surface area contributed by atoms with Crippen LogP contribution in [0, 0.1) is 6.92 Å². The Morgan fingerprint density at radius 1 is 1.31 bits per heavy atom. The van der Waals surface area contributed by atoms with Crippen LogP contribution in [0.2, 0.25) is 0 Å². The number of nitrogens with zero attached hydrogens (tertiary/aromatic N) is 2. The van der Waals surface area contributed by atoms with E-state index < -0.39 is 10.0 Å². The van der Waals surface area contributed by atoms with Crippen LogP contribution in [0.5, 0.6) is 0 Å². The van der Waals surface area contributed by atoms with Crippen LogP contribution < -0.4 is 10.0 Å². The zero-order valence-electron chi connectivity index (χ0n) is 14.8. The third kappa shape index (κ3) is 4.28. The third-order valence-electron chi connectivity index (χ3n) is 4.44. The molecule has 0 bridgehead atoms. The lowest BCUT2D eigenvalue weighted by Gasteiger charge is -2.14. The van der Waals surface area contributed by atoms with E-state index in [0.717, 1.165) is 5.69 Å². The van der Waals surface area contributed by atoms with E-state index in [0.29, 0.717) is 37.2 Å². The molecule has 140 valence electrons. The Kier molecular flexibility index (Phi) is 5.38. The highest BCUT2D eigenvalue weighted by Gasteiger charge is 2.30. The number of carbonyl (C=O) groups is 1. The van der Waals surface area contributed by atoms with Gasteiger partial charge in [-0.2, -0.15) is 0 Å². The molecule has 0 unspecified atom stereocenters. The SMILES string of the molecule is CCc1ncc(S(=O)(=O)N[C@H]2CC[C@@H](NC(=O)c3cccc(C)n3)C2)[nH]1. The smallest absolute Gasteiger partial charge is 0.270 e. The molecule has 3 N–H and O–H groups in total. The Hall–Kier alpha value is -2.26. The molecule has 3 rings (SSSR count). The van der Waals surface area contributed by atoms with Crippen molar-refractivity contribution in [1.82, 2.24) is 25.0 Å². The van der Waals surface area contributed by atoms with Gasteiger partial charge in [-0.25, -0.2) is 23.1 Å². The number of aromatic nitrogens is 3. The van der Waals surface area contributed by atoms with Crippen LogP contribution in [0.4, 0.5) is 0 Å². The van der Waals surface area contributed by atoms with E-state index in [1.54, 1.807) is 12.1 Å². The van der Waals surface area contributed by atoms with Crippen molar-refractivity contribution in [1.29, 1.82) is 0 Å². The van der Waals surface area contributed by atoms with Gasteiger partial charge >= 0.3 is 0 Å². The average molecular weight is 377 g/mol. The maximum atomic E-state index is 12.4. The molecule has 0 aliphatic heterocycles. The summed E-state index contributed by atoms with van der Waals surface area (Å²) in [5.41, 5.74) is 1.15. The van der Waals surface area contributed by atoms with Gasteiger partial charge in [0.15, 0.2) is 5.03 Å². The number of hydrogen-bond acceptors (Lipinski definition) is 5. The number of aryl methyl sites for hydroxylation is 2. The summed E-state index contributed by atoms with van der Waals surface area (Å²) in [6, 6.07) is 4.99. The number of amides is 1. The molecule has 1 aliphatic carbocycles. The Balaban J connectivity index is 1.57. The highest BCUT2D eigenvalue weighted by Crippen LogP contribution is 2.21. The summed E-state index contributed by atoms with van der Waals surface area (Å²) in [5.74, 6) is 0.399. The molecule has 0 aromatic carbocycles. The van der Waals surface area contributed by atoms with Crippen molar-refractivity contribution in [3.8, 4) is 0 Å². The van der Waals surface area contributed by atoms with Gasteiger partial charge in [-0.3, -0.25) is 4.79 Å². The summed E-state index contributed by atoms with van der Waals surface area (Å²) in [5, 5.41) is 3.01. The van der Waals surface area contributed by atoms with Crippen LogP contribution in [0.3, 0.4) is 0 Å². The van der Waals surface area contributed by atoms with Crippen molar-refractivity contribution in [3.63, 3.8) is 0 Å². The van der Waals surface area contributed by atoms with Gasteiger partial charge in [-0.15, -0.1) is 0 Å². The monoisotopic (exact) mass is 377 g/mol. The second kappa shape index (κ2) is 7.55. The quantitative estimate of drug-likeness (QED) is 0.702. The molecule has 2 aromatic heterocycles. The molecule has 1 aliphatic rings. The number of aromatic amines is 1. The van der Waals surface area contributed by atoms with Crippen molar-refractivity contribution in [2.24, 2.45) is 0 Å². The van der Waals surface area contributed by atoms with E-state index in [1.807, 2.05) is 19.9 Å². The fraction of sp³-hybridized carbons (Fsp3) is 0.471. The molecular weight excluding hydrogens is 354 g/mol. The zero-order chi connectivity index (χ0) is 18.7. The van der Waals surface area contributed by atoms with Gasteiger partial charge in [0.2, 0.25) is 0 Å². The molecule has 2 heterocycles. The van der Waals surface area contributed by atoms with Crippen LogP contribution in [0.25, 0.3) is 0 Å². The standard InChI is InChI=1S/C17H23N5O3S/c1-3-15-18-10-16(21-15)26(24,25)22-13-8-7-12(9-13)20-17(23)14-6-4-5-11(2)19-14/h4-6,10,12-13,22H,3,7-9H2,1-2H3,(H,18,21)(H,20,23)/t12-,13+/m1/s1. The van der Waals surface area contributed by atoms with E-state index in [2.05, 4.69) is 25.0 Å². The molecule has 8 nitrogen and oxygen atoms in total. The molecule has 26 heavy (non-hydrogen) atoms. The highest BCUT2D eigenvalue weighted by molar-refractivity contribution is 7.89. The lowest BCUT2D eigenvalue weighted by molar-refractivity contribution is 0.0932. The zero-order valence-corrected chi connectivity index (χ0v) is 15.6. The first kappa shape index (κ1) is 18.5. The summed E-state index contributed by atoms with van der Waals surface area (Å²) in [6.07, 6.45) is 3.90. The summed E-state index contributed by atoms with van der Waals surface area (Å²) >= 11 is 0.